The first-order valence-electron chi connectivity index (χ1n) is 14.0. The molecule has 10 heteroatoms. The quantitative estimate of drug-likeness (QED) is 0.217. The minimum absolute atomic E-state index is 0.141. The number of amides is 1. The zero-order valence-electron chi connectivity index (χ0n) is 24.8. The average molecular weight is 586 g/mol. The molecule has 0 saturated heterocycles. The summed E-state index contributed by atoms with van der Waals surface area (Å²) in [7, 11) is 3.75. The van der Waals surface area contributed by atoms with Crippen molar-refractivity contribution in [3.05, 3.63) is 88.5 Å². The normalized spacial score (nSPS) is 11.7. The molecule has 0 spiro atoms. The maximum absolute atomic E-state index is 13.2. The second kappa shape index (κ2) is 11.6. The smallest absolute Gasteiger partial charge is 0.255 e. The van der Waals surface area contributed by atoms with E-state index in [-0.39, 0.29) is 5.91 Å². The number of fused-ring (bicyclic) bond motifs is 1. The summed E-state index contributed by atoms with van der Waals surface area (Å²) in [6, 6.07) is 15.4. The standard InChI is InChI=1S/C32H36ClN7O2/c1-7-14-39(6)31(41)24-17-22(11-12-25(24)33)28-20(2)37-40-27(18-26(32(3,4)42)36-30(28)40)35-19-21-9-8-10-23(16-21)29-34-13-15-38(29)5/h8-13,15-18,35,42H,7,14,19H2,1-6H3. The molecular formula is C32H36ClN7O2. The van der Waals surface area contributed by atoms with Gasteiger partial charge >= 0.3 is 0 Å². The number of hydrogen-bond acceptors (Lipinski definition) is 6. The van der Waals surface area contributed by atoms with Crippen LogP contribution in [0, 0.1) is 6.92 Å². The highest BCUT2D eigenvalue weighted by molar-refractivity contribution is 6.34. The van der Waals surface area contributed by atoms with E-state index in [0.717, 1.165) is 40.2 Å². The molecule has 1 amide bonds. The number of carbonyl (C=O) groups excluding carboxylic acids is 1. The van der Waals surface area contributed by atoms with Gasteiger partial charge in [-0.2, -0.15) is 9.61 Å². The highest BCUT2D eigenvalue weighted by Crippen LogP contribution is 2.34. The van der Waals surface area contributed by atoms with Crippen LogP contribution in [0.15, 0.2) is 60.9 Å². The fraction of sp³-hybridized carbons (Fsp3) is 0.312. The second-order valence-corrected chi connectivity index (χ2v) is 11.5. The van der Waals surface area contributed by atoms with Crippen LogP contribution in [0.3, 0.4) is 0 Å². The first-order chi connectivity index (χ1) is 20.0. The van der Waals surface area contributed by atoms with Gasteiger partial charge in [0.25, 0.3) is 5.91 Å². The van der Waals surface area contributed by atoms with Gasteiger partial charge in [-0.3, -0.25) is 4.79 Å². The van der Waals surface area contributed by atoms with Crippen molar-refractivity contribution in [3.63, 3.8) is 0 Å². The van der Waals surface area contributed by atoms with Crippen LogP contribution in [0.1, 0.15) is 54.5 Å². The molecule has 5 rings (SSSR count). The highest BCUT2D eigenvalue weighted by atomic mass is 35.5. The van der Waals surface area contributed by atoms with Crippen molar-refractivity contribution in [2.75, 3.05) is 18.9 Å². The van der Waals surface area contributed by atoms with Crippen molar-refractivity contribution in [2.24, 2.45) is 7.05 Å². The average Bonchev–Trinajstić information content (AvgIpc) is 3.53. The molecule has 9 nitrogen and oxygen atoms in total. The van der Waals surface area contributed by atoms with E-state index in [9.17, 15) is 9.90 Å². The molecule has 0 atom stereocenters. The van der Waals surface area contributed by atoms with Gasteiger partial charge in [0.05, 0.1) is 22.0 Å². The fourth-order valence-corrected chi connectivity index (χ4v) is 5.24. The third kappa shape index (κ3) is 5.75. The number of anilines is 1. The number of hydrogen-bond donors (Lipinski definition) is 2. The van der Waals surface area contributed by atoms with E-state index in [1.807, 2.05) is 55.9 Å². The predicted octanol–water partition coefficient (Wildman–Crippen LogP) is 6.08. The summed E-state index contributed by atoms with van der Waals surface area (Å²) in [5.41, 5.74) is 4.65. The molecule has 0 fully saturated rings. The molecule has 2 N–H and O–H groups in total. The van der Waals surface area contributed by atoms with Crippen molar-refractivity contribution in [1.82, 2.24) is 29.0 Å². The summed E-state index contributed by atoms with van der Waals surface area (Å²) in [5.74, 6) is 1.43. The number of benzene rings is 2. The molecule has 0 saturated carbocycles. The SMILES string of the molecule is CCCN(C)C(=O)c1cc(-c2c(C)nn3c(NCc4cccc(-c5nccn5C)c4)cc(C(C)(C)O)nc23)ccc1Cl. The summed E-state index contributed by atoms with van der Waals surface area (Å²) in [6.45, 7) is 8.49. The van der Waals surface area contributed by atoms with Gasteiger partial charge in [-0.05, 0) is 56.5 Å². The van der Waals surface area contributed by atoms with Crippen LogP contribution in [0.4, 0.5) is 5.82 Å². The minimum atomic E-state index is -1.20. The minimum Gasteiger partial charge on any atom is -0.384 e. The predicted molar refractivity (Wildman–Crippen MR) is 167 cm³/mol. The Kier molecular flexibility index (Phi) is 8.08. The Morgan fingerprint density at radius 1 is 1.14 bits per heavy atom. The van der Waals surface area contributed by atoms with E-state index in [1.165, 1.54) is 0 Å². The first kappa shape index (κ1) is 29.3. The fourth-order valence-electron chi connectivity index (χ4n) is 5.04. The number of halogens is 1. The third-order valence-corrected chi connectivity index (χ3v) is 7.59. The Hall–Kier alpha value is -4.21. The number of aryl methyl sites for hydroxylation is 2. The van der Waals surface area contributed by atoms with E-state index in [4.69, 9.17) is 21.7 Å². The lowest BCUT2D eigenvalue weighted by Gasteiger charge is -2.19. The zero-order valence-corrected chi connectivity index (χ0v) is 25.6. The molecular weight excluding hydrogens is 550 g/mol. The molecule has 0 aliphatic rings. The molecule has 0 unspecified atom stereocenters. The Morgan fingerprint density at radius 3 is 2.62 bits per heavy atom. The van der Waals surface area contributed by atoms with Crippen LogP contribution in [0.5, 0.6) is 0 Å². The number of aliphatic hydroxyl groups is 1. The third-order valence-electron chi connectivity index (χ3n) is 7.26. The number of aromatic nitrogens is 5. The van der Waals surface area contributed by atoms with Crippen LogP contribution < -0.4 is 5.32 Å². The number of nitrogens with zero attached hydrogens (tertiary/aromatic N) is 6. The van der Waals surface area contributed by atoms with Crippen molar-refractivity contribution in [1.29, 1.82) is 0 Å². The van der Waals surface area contributed by atoms with Crippen molar-refractivity contribution >= 4 is 29.0 Å². The second-order valence-electron chi connectivity index (χ2n) is 11.1. The van der Waals surface area contributed by atoms with Gasteiger partial charge in [-0.25, -0.2) is 9.97 Å². The van der Waals surface area contributed by atoms with E-state index in [2.05, 4.69) is 22.4 Å². The molecule has 0 bridgehead atoms. The van der Waals surface area contributed by atoms with E-state index in [1.54, 1.807) is 48.6 Å². The summed E-state index contributed by atoms with van der Waals surface area (Å²) in [6.07, 6.45) is 4.55. The highest BCUT2D eigenvalue weighted by Gasteiger charge is 2.25. The molecule has 0 radical (unpaired) electrons. The van der Waals surface area contributed by atoms with E-state index < -0.39 is 5.60 Å². The molecule has 3 heterocycles. The monoisotopic (exact) mass is 585 g/mol. The van der Waals surface area contributed by atoms with Gasteiger partial charge in [0, 0.05) is 56.8 Å². The van der Waals surface area contributed by atoms with Gasteiger partial charge in [0.1, 0.15) is 17.2 Å². The number of nitrogens with one attached hydrogen (secondary N) is 1. The van der Waals surface area contributed by atoms with Crippen molar-refractivity contribution < 1.29 is 9.90 Å². The Labute approximate surface area is 250 Å². The van der Waals surface area contributed by atoms with Gasteiger partial charge < -0.3 is 19.9 Å². The van der Waals surface area contributed by atoms with Crippen LogP contribution in [0.25, 0.3) is 28.2 Å². The lowest BCUT2D eigenvalue weighted by Crippen LogP contribution is -2.27. The lowest BCUT2D eigenvalue weighted by atomic mass is 10.0. The van der Waals surface area contributed by atoms with Crippen LogP contribution >= 0.6 is 11.6 Å². The summed E-state index contributed by atoms with van der Waals surface area (Å²) >= 11 is 6.48. The van der Waals surface area contributed by atoms with Crippen molar-refractivity contribution in [2.45, 2.75) is 46.3 Å². The zero-order chi connectivity index (χ0) is 30.2. The van der Waals surface area contributed by atoms with Crippen LogP contribution in [0.2, 0.25) is 5.02 Å². The maximum Gasteiger partial charge on any atom is 0.255 e. The summed E-state index contributed by atoms with van der Waals surface area (Å²) < 4.78 is 3.74. The Morgan fingerprint density at radius 2 is 1.93 bits per heavy atom. The molecule has 42 heavy (non-hydrogen) atoms. The molecule has 3 aromatic heterocycles. The maximum atomic E-state index is 13.2. The lowest BCUT2D eigenvalue weighted by molar-refractivity contribution is 0.0740. The first-order valence-corrected chi connectivity index (χ1v) is 14.3. The number of imidazole rings is 1. The Bertz CT molecular complexity index is 1770. The van der Waals surface area contributed by atoms with E-state index >= 15 is 0 Å². The molecule has 2 aromatic carbocycles. The van der Waals surface area contributed by atoms with E-state index in [0.29, 0.717) is 40.8 Å². The van der Waals surface area contributed by atoms with Crippen LogP contribution in [-0.4, -0.2) is 53.7 Å². The van der Waals surface area contributed by atoms with Gasteiger partial charge in [-0.15, -0.1) is 0 Å². The topological polar surface area (TPSA) is 101 Å². The van der Waals surface area contributed by atoms with Gasteiger partial charge in [0.15, 0.2) is 5.65 Å². The molecule has 0 aliphatic carbocycles. The Balaban J connectivity index is 1.56. The van der Waals surface area contributed by atoms with Gasteiger partial charge in [-0.1, -0.05) is 42.8 Å². The molecule has 218 valence electrons. The largest absolute Gasteiger partial charge is 0.384 e. The molecule has 0 aliphatic heterocycles. The number of carbonyl (C=O) groups is 1. The van der Waals surface area contributed by atoms with Gasteiger partial charge in [0.2, 0.25) is 0 Å². The summed E-state index contributed by atoms with van der Waals surface area (Å²) in [4.78, 5) is 24.1. The van der Waals surface area contributed by atoms with Crippen molar-refractivity contribution in [3.8, 4) is 22.5 Å². The molecule has 5 aromatic rings. The summed E-state index contributed by atoms with van der Waals surface area (Å²) in [5, 5.41) is 19.7. The van der Waals surface area contributed by atoms with Crippen LogP contribution in [-0.2, 0) is 19.2 Å². The number of rotatable bonds is 9.